The number of unbranched alkanes of at least 4 members (excludes halogenated alkanes) is 2. The zero-order chi connectivity index (χ0) is 15.5. The summed E-state index contributed by atoms with van der Waals surface area (Å²) in [5.74, 6) is 0.389. The first-order valence-corrected chi connectivity index (χ1v) is 7.25. The van der Waals surface area contributed by atoms with Crippen LogP contribution in [0.4, 0.5) is 0 Å². The number of carbonyl (C=O) groups is 2. The van der Waals surface area contributed by atoms with E-state index in [1.807, 2.05) is 0 Å². The summed E-state index contributed by atoms with van der Waals surface area (Å²) in [6, 6.07) is 7.03. The number of nitrogens with one attached hydrogen (secondary N) is 1. The Morgan fingerprint density at radius 2 is 1.81 bits per heavy atom. The molecule has 0 saturated carbocycles. The fourth-order valence-corrected chi connectivity index (χ4v) is 1.82. The van der Waals surface area contributed by atoms with Crippen LogP contribution < -0.4 is 10.2 Å². The summed E-state index contributed by atoms with van der Waals surface area (Å²) in [5.41, 5.74) is 2.77. The molecule has 0 spiro atoms. The van der Waals surface area contributed by atoms with Crippen LogP contribution in [0.3, 0.4) is 0 Å². The number of Topliss-reactive ketones (excluding diaryl/α,β-unsaturated/α-hetero) is 1. The van der Waals surface area contributed by atoms with E-state index in [0.29, 0.717) is 12.2 Å². The molecule has 0 aromatic heterocycles. The number of benzene rings is 1. The minimum Gasteiger partial charge on any atom is -0.494 e. The fourth-order valence-electron chi connectivity index (χ4n) is 1.82. The van der Waals surface area contributed by atoms with E-state index < -0.39 is 0 Å². The highest BCUT2D eigenvalue weighted by Crippen LogP contribution is 2.14. The van der Waals surface area contributed by atoms with Gasteiger partial charge in [-0.1, -0.05) is 19.8 Å². The maximum Gasteiger partial charge on any atom is 0.243 e. The van der Waals surface area contributed by atoms with Crippen LogP contribution >= 0.6 is 0 Å². The third-order valence-electron chi connectivity index (χ3n) is 2.99. The second-order valence-corrected chi connectivity index (χ2v) is 4.73. The van der Waals surface area contributed by atoms with Gasteiger partial charge in [-0.3, -0.25) is 14.4 Å². The average molecular weight is 293 g/mol. The molecule has 1 rings (SSSR count). The lowest BCUT2D eigenvalue weighted by atomic mass is 10.1. The fraction of sp³-hybridized carbons (Fsp3) is 0.500. The molecule has 0 aliphatic heterocycles. The molecule has 0 atom stereocenters. The van der Waals surface area contributed by atoms with Crippen molar-refractivity contribution in [2.45, 2.75) is 39.0 Å². The number of hydroxylamine groups is 1. The van der Waals surface area contributed by atoms with Gasteiger partial charge >= 0.3 is 0 Å². The number of carbonyl (C=O) groups excluding carboxylic acids is 2. The van der Waals surface area contributed by atoms with Crippen molar-refractivity contribution in [1.82, 2.24) is 5.48 Å². The molecule has 116 valence electrons. The smallest absolute Gasteiger partial charge is 0.243 e. The number of hydrogen-bond acceptors (Lipinski definition) is 4. The predicted molar refractivity (Wildman–Crippen MR) is 80.2 cm³/mol. The van der Waals surface area contributed by atoms with Gasteiger partial charge < -0.3 is 4.74 Å². The Balaban J connectivity index is 2.38. The maximum atomic E-state index is 11.9. The number of ether oxygens (including phenoxy) is 1. The van der Waals surface area contributed by atoms with Gasteiger partial charge in [-0.05, 0) is 30.7 Å². The third kappa shape index (κ3) is 6.90. The summed E-state index contributed by atoms with van der Waals surface area (Å²) in [5, 5.41) is 0. The molecule has 21 heavy (non-hydrogen) atoms. The molecule has 0 unspecified atom stereocenters. The average Bonchev–Trinajstić information content (AvgIpc) is 2.50. The normalized spacial score (nSPS) is 10.2. The molecule has 0 aliphatic carbocycles. The highest BCUT2D eigenvalue weighted by molar-refractivity contribution is 5.97. The van der Waals surface area contributed by atoms with Crippen molar-refractivity contribution in [1.29, 1.82) is 0 Å². The van der Waals surface area contributed by atoms with Crippen molar-refractivity contribution in [3.8, 4) is 5.75 Å². The molecular formula is C16H23NO4. The Morgan fingerprint density at radius 3 is 2.43 bits per heavy atom. The van der Waals surface area contributed by atoms with E-state index in [0.717, 1.165) is 25.0 Å². The van der Waals surface area contributed by atoms with Crippen molar-refractivity contribution in [2.24, 2.45) is 0 Å². The van der Waals surface area contributed by atoms with Gasteiger partial charge in [-0.15, -0.1) is 0 Å². The Morgan fingerprint density at radius 1 is 1.10 bits per heavy atom. The molecule has 5 heteroatoms. The Kier molecular flexibility index (Phi) is 8.12. The number of amides is 1. The molecule has 0 radical (unpaired) electrons. The van der Waals surface area contributed by atoms with Crippen molar-refractivity contribution in [2.75, 3.05) is 13.7 Å². The lowest BCUT2D eigenvalue weighted by Crippen LogP contribution is -2.22. The van der Waals surface area contributed by atoms with Crippen LogP contribution in [0.1, 0.15) is 49.4 Å². The van der Waals surface area contributed by atoms with Crippen LogP contribution in [0.15, 0.2) is 24.3 Å². The summed E-state index contributed by atoms with van der Waals surface area (Å²) >= 11 is 0. The molecule has 0 bridgehead atoms. The van der Waals surface area contributed by atoms with E-state index in [9.17, 15) is 9.59 Å². The van der Waals surface area contributed by atoms with Crippen LogP contribution in [0.2, 0.25) is 0 Å². The molecule has 1 aromatic rings. The minimum atomic E-state index is -0.304. The van der Waals surface area contributed by atoms with Gasteiger partial charge in [0, 0.05) is 18.4 Å². The quantitative estimate of drug-likeness (QED) is 0.409. The molecule has 5 nitrogen and oxygen atoms in total. The third-order valence-corrected chi connectivity index (χ3v) is 2.99. The zero-order valence-corrected chi connectivity index (χ0v) is 12.7. The first-order chi connectivity index (χ1) is 10.2. The van der Waals surface area contributed by atoms with Crippen molar-refractivity contribution in [3.05, 3.63) is 29.8 Å². The van der Waals surface area contributed by atoms with E-state index in [2.05, 4.69) is 17.2 Å². The minimum absolute atomic E-state index is 0.0706. The van der Waals surface area contributed by atoms with E-state index in [1.165, 1.54) is 7.11 Å². The summed E-state index contributed by atoms with van der Waals surface area (Å²) in [6.45, 7) is 2.84. The second kappa shape index (κ2) is 9.94. The Bertz CT molecular complexity index is 442. The summed E-state index contributed by atoms with van der Waals surface area (Å²) in [4.78, 5) is 27.6. The predicted octanol–water partition coefficient (Wildman–Crippen LogP) is 2.90. The molecular weight excluding hydrogens is 270 g/mol. The van der Waals surface area contributed by atoms with Crippen LogP contribution in [-0.4, -0.2) is 25.4 Å². The van der Waals surface area contributed by atoms with E-state index in [1.54, 1.807) is 24.3 Å². The molecule has 1 N–H and O–H groups in total. The summed E-state index contributed by atoms with van der Waals surface area (Å²) in [7, 11) is 1.36. The van der Waals surface area contributed by atoms with Gasteiger partial charge in [0.05, 0.1) is 13.7 Å². The van der Waals surface area contributed by atoms with Gasteiger partial charge in [0.2, 0.25) is 5.91 Å². The number of ketones is 1. The SMILES string of the molecule is CCCCCOc1ccc(C(=O)CCC(=O)NOC)cc1. The molecule has 1 amide bonds. The van der Waals surface area contributed by atoms with Gasteiger partial charge in [0.25, 0.3) is 0 Å². The Hall–Kier alpha value is -1.88. The molecule has 0 aliphatic rings. The van der Waals surface area contributed by atoms with Crippen molar-refractivity contribution >= 4 is 11.7 Å². The molecule has 0 saturated heterocycles. The first kappa shape index (κ1) is 17.2. The van der Waals surface area contributed by atoms with Gasteiger partial charge in [0.1, 0.15) is 5.75 Å². The monoisotopic (exact) mass is 293 g/mol. The second-order valence-electron chi connectivity index (χ2n) is 4.73. The van der Waals surface area contributed by atoms with E-state index in [4.69, 9.17) is 4.74 Å². The molecule has 0 heterocycles. The Labute approximate surface area is 125 Å². The topological polar surface area (TPSA) is 64.6 Å². The van der Waals surface area contributed by atoms with Crippen LogP contribution in [0.5, 0.6) is 5.75 Å². The van der Waals surface area contributed by atoms with E-state index in [-0.39, 0.29) is 24.5 Å². The highest BCUT2D eigenvalue weighted by atomic mass is 16.6. The highest BCUT2D eigenvalue weighted by Gasteiger charge is 2.09. The standard InChI is InChI=1S/C16H23NO4/c1-3-4-5-12-21-14-8-6-13(7-9-14)15(18)10-11-16(19)17-20-2/h6-9H,3-5,10-12H2,1-2H3,(H,17,19). The van der Waals surface area contributed by atoms with Crippen LogP contribution in [0, 0.1) is 0 Å². The largest absolute Gasteiger partial charge is 0.494 e. The summed E-state index contributed by atoms with van der Waals surface area (Å²) < 4.78 is 5.58. The maximum absolute atomic E-state index is 11.9. The van der Waals surface area contributed by atoms with E-state index >= 15 is 0 Å². The lowest BCUT2D eigenvalue weighted by molar-refractivity contribution is -0.131. The van der Waals surface area contributed by atoms with Gasteiger partial charge in [0.15, 0.2) is 5.78 Å². The van der Waals surface area contributed by atoms with Crippen molar-refractivity contribution < 1.29 is 19.2 Å². The van der Waals surface area contributed by atoms with Crippen LogP contribution in [0.25, 0.3) is 0 Å². The summed E-state index contributed by atoms with van der Waals surface area (Å²) in [6.07, 6.45) is 3.62. The van der Waals surface area contributed by atoms with Crippen LogP contribution in [-0.2, 0) is 9.63 Å². The van der Waals surface area contributed by atoms with Gasteiger partial charge in [-0.25, -0.2) is 5.48 Å². The first-order valence-electron chi connectivity index (χ1n) is 7.25. The molecule has 0 fully saturated rings. The number of rotatable bonds is 10. The number of hydrogen-bond donors (Lipinski definition) is 1. The van der Waals surface area contributed by atoms with Gasteiger partial charge in [-0.2, -0.15) is 0 Å². The lowest BCUT2D eigenvalue weighted by Gasteiger charge is -2.06. The zero-order valence-electron chi connectivity index (χ0n) is 12.7. The van der Waals surface area contributed by atoms with Crippen molar-refractivity contribution in [3.63, 3.8) is 0 Å². The molecule has 1 aromatic carbocycles.